The van der Waals surface area contributed by atoms with E-state index in [0.29, 0.717) is 12.0 Å². The molecule has 1 saturated carbocycles. The number of carboxylic acids is 1. The second kappa shape index (κ2) is 7.20. The van der Waals surface area contributed by atoms with Crippen molar-refractivity contribution in [1.29, 1.82) is 5.26 Å². The molecule has 0 amide bonds. The molecule has 0 spiro atoms. The van der Waals surface area contributed by atoms with E-state index < -0.39 is 41.6 Å². The molecule has 2 atom stereocenters. The fourth-order valence-corrected chi connectivity index (χ4v) is 3.00. The van der Waals surface area contributed by atoms with E-state index in [4.69, 9.17) is 15.1 Å². The van der Waals surface area contributed by atoms with Gasteiger partial charge in [0.25, 0.3) is 0 Å². The third-order valence-electron chi connectivity index (χ3n) is 4.36. The second-order valence-electron chi connectivity index (χ2n) is 6.20. The number of rotatable bonds is 5. The smallest absolute Gasteiger partial charge is 0.416 e. The molecular formula is C18H16F3NO4. The van der Waals surface area contributed by atoms with E-state index in [-0.39, 0.29) is 18.4 Å². The van der Waals surface area contributed by atoms with Gasteiger partial charge in [0, 0.05) is 12.0 Å². The lowest BCUT2D eigenvalue weighted by atomic mass is 9.90. The van der Waals surface area contributed by atoms with Gasteiger partial charge in [0.1, 0.15) is 5.60 Å². The van der Waals surface area contributed by atoms with Gasteiger partial charge in [-0.05, 0) is 30.5 Å². The van der Waals surface area contributed by atoms with Gasteiger partial charge in [0.2, 0.25) is 0 Å². The van der Waals surface area contributed by atoms with Crippen LogP contribution >= 0.6 is 0 Å². The van der Waals surface area contributed by atoms with Gasteiger partial charge in [0.15, 0.2) is 0 Å². The van der Waals surface area contributed by atoms with Gasteiger partial charge in [-0.2, -0.15) is 18.4 Å². The van der Waals surface area contributed by atoms with E-state index in [9.17, 15) is 22.8 Å². The summed E-state index contributed by atoms with van der Waals surface area (Å²) in [4.78, 5) is 22.9. The Balaban J connectivity index is 2.29. The fraction of sp³-hybridized carbons (Fsp3) is 0.389. The van der Waals surface area contributed by atoms with Crippen molar-refractivity contribution in [2.75, 3.05) is 0 Å². The third-order valence-corrected chi connectivity index (χ3v) is 4.36. The monoisotopic (exact) mass is 367 g/mol. The zero-order chi connectivity index (χ0) is 19.5. The highest BCUT2D eigenvalue weighted by Gasteiger charge is 2.44. The maximum Gasteiger partial charge on any atom is 0.416 e. The van der Waals surface area contributed by atoms with Crippen molar-refractivity contribution in [2.24, 2.45) is 5.92 Å². The molecule has 138 valence electrons. The molecule has 0 radical (unpaired) electrons. The first-order chi connectivity index (χ1) is 12.1. The Morgan fingerprint density at radius 1 is 1.35 bits per heavy atom. The summed E-state index contributed by atoms with van der Waals surface area (Å²) in [5.74, 6) is -2.60. The van der Waals surface area contributed by atoms with Crippen molar-refractivity contribution in [1.82, 2.24) is 0 Å². The molecule has 1 aliphatic rings. The number of hydrogen-bond donors (Lipinski definition) is 1. The van der Waals surface area contributed by atoms with E-state index in [1.54, 1.807) is 0 Å². The van der Waals surface area contributed by atoms with Gasteiger partial charge in [-0.1, -0.05) is 18.7 Å². The van der Waals surface area contributed by atoms with Gasteiger partial charge >= 0.3 is 18.1 Å². The number of halogens is 3. The van der Waals surface area contributed by atoms with Gasteiger partial charge in [0.05, 0.1) is 24.0 Å². The molecule has 0 heterocycles. The lowest BCUT2D eigenvalue weighted by molar-refractivity contribution is -0.161. The van der Waals surface area contributed by atoms with E-state index in [0.717, 1.165) is 12.1 Å². The second-order valence-corrected chi connectivity index (χ2v) is 6.20. The highest BCUT2D eigenvalue weighted by molar-refractivity contribution is 5.91. The number of carbonyl (C=O) groups is 2. The molecule has 0 aromatic heterocycles. The average Bonchev–Trinajstić information content (AvgIpc) is 2.98. The van der Waals surface area contributed by atoms with Gasteiger partial charge < -0.3 is 9.84 Å². The molecule has 26 heavy (non-hydrogen) atoms. The minimum atomic E-state index is -4.49. The van der Waals surface area contributed by atoms with Crippen molar-refractivity contribution < 1.29 is 32.6 Å². The van der Waals surface area contributed by atoms with Crippen LogP contribution < -0.4 is 0 Å². The predicted octanol–water partition coefficient (Wildman–Crippen LogP) is 3.80. The molecule has 5 nitrogen and oxygen atoms in total. The molecule has 1 aliphatic carbocycles. The lowest BCUT2D eigenvalue weighted by Crippen LogP contribution is -2.30. The van der Waals surface area contributed by atoms with Crippen LogP contribution in [0.25, 0.3) is 0 Å². The van der Waals surface area contributed by atoms with Crippen LogP contribution in [0.1, 0.15) is 36.8 Å². The van der Waals surface area contributed by atoms with Crippen LogP contribution in [0.15, 0.2) is 36.4 Å². The highest BCUT2D eigenvalue weighted by Crippen LogP contribution is 2.46. The molecule has 2 rings (SSSR count). The Kier molecular flexibility index (Phi) is 5.40. The number of ether oxygens (including phenoxy) is 1. The molecule has 0 bridgehead atoms. The quantitative estimate of drug-likeness (QED) is 0.632. The summed E-state index contributed by atoms with van der Waals surface area (Å²) in [5.41, 5.74) is -2.10. The Morgan fingerprint density at radius 2 is 1.96 bits per heavy atom. The maximum absolute atomic E-state index is 12.7. The van der Waals surface area contributed by atoms with Crippen LogP contribution in [0, 0.1) is 17.2 Å². The molecular weight excluding hydrogens is 351 g/mol. The number of carbonyl (C=O) groups excluding carboxylic acids is 1. The number of carboxylic acid groups (broad SMARTS) is 1. The molecule has 1 aromatic rings. The number of benzene rings is 1. The van der Waals surface area contributed by atoms with E-state index >= 15 is 0 Å². The van der Waals surface area contributed by atoms with E-state index in [1.165, 1.54) is 12.1 Å². The van der Waals surface area contributed by atoms with Crippen LogP contribution in [0.4, 0.5) is 13.2 Å². The van der Waals surface area contributed by atoms with Gasteiger partial charge in [-0.3, -0.25) is 4.79 Å². The van der Waals surface area contributed by atoms with Crippen molar-refractivity contribution in [3.05, 3.63) is 47.5 Å². The van der Waals surface area contributed by atoms with Gasteiger partial charge in [-0.25, -0.2) is 4.79 Å². The van der Waals surface area contributed by atoms with E-state index in [1.807, 2.05) is 0 Å². The van der Waals surface area contributed by atoms with Crippen LogP contribution in [0.2, 0.25) is 0 Å². The topological polar surface area (TPSA) is 87.4 Å². The Morgan fingerprint density at radius 3 is 2.42 bits per heavy atom. The highest BCUT2D eigenvalue weighted by atomic mass is 19.4. The lowest BCUT2D eigenvalue weighted by Gasteiger charge is -2.30. The fourth-order valence-electron chi connectivity index (χ4n) is 3.00. The third kappa shape index (κ3) is 4.23. The van der Waals surface area contributed by atoms with Crippen molar-refractivity contribution >= 4 is 11.9 Å². The molecule has 1 N–H and O–H groups in total. The van der Waals surface area contributed by atoms with Crippen molar-refractivity contribution in [3.8, 4) is 6.07 Å². The van der Waals surface area contributed by atoms with Crippen LogP contribution in [-0.4, -0.2) is 17.0 Å². The Bertz CT molecular complexity index is 764. The standard InChI is InChI=1S/C18H16F3NO4/c1-11(16(24)25)8-15(23)26-17(7-6-12(9-17)10-22)13-2-4-14(5-3-13)18(19,20)21/h2-5,12H,1,6-9H2,(H,24,25)/t12?,17-/m0/s1. The molecule has 8 heteroatoms. The van der Waals surface area contributed by atoms with Crippen molar-refractivity contribution in [3.63, 3.8) is 0 Å². The molecule has 1 unspecified atom stereocenters. The molecule has 0 aliphatic heterocycles. The summed E-state index contributed by atoms with van der Waals surface area (Å²) in [7, 11) is 0. The Labute approximate surface area is 147 Å². The first kappa shape index (κ1) is 19.5. The number of nitriles is 1. The summed E-state index contributed by atoms with van der Waals surface area (Å²) < 4.78 is 43.7. The van der Waals surface area contributed by atoms with Crippen molar-refractivity contribution in [2.45, 2.75) is 37.5 Å². The summed E-state index contributed by atoms with van der Waals surface area (Å²) in [6.45, 7) is 3.26. The number of aliphatic carboxylic acids is 1. The maximum atomic E-state index is 12.7. The zero-order valence-corrected chi connectivity index (χ0v) is 13.7. The van der Waals surface area contributed by atoms with Gasteiger partial charge in [-0.15, -0.1) is 0 Å². The molecule has 1 fully saturated rings. The molecule has 1 aromatic carbocycles. The molecule has 0 saturated heterocycles. The summed E-state index contributed by atoms with van der Waals surface area (Å²) >= 11 is 0. The zero-order valence-electron chi connectivity index (χ0n) is 13.7. The summed E-state index contributed by atoms with van der Waals surface area (Å²) in [6, 6.07) is 6.30. The minimum Gasteiger partial charge on any atom is -0.478 e. The normalized spacial score (nSPS) is 22.5. The largest absolute Gasteiger partial charge is 0.478 e. The van der Waals surface area contributed by atoms with Crippen LogP contribution in [0.3, 0.4) is 0 Å². The number of nitrogens with zero attached hydrogens (tertiary/aromatic N) is 1. The Hall–Kier alpha value is -2.82. The average molecular weight is 367 g/mol. The minimum absolute atomic E-state index is 0.139. The van der Waals surface area contributed by atoms with Crippen LogP contribution in [0.5, 0.6) is 0 Å². The number of hydrogen-bond acceptors (Lipinski definition) is 4. The summed E-state index contributed by atoms with van der Waals surface area (Å²) in [5, 5.41) is 17.9. The first-order valence-corrected chi connectivity index (χ1v) is 7.77. The number of esters is 1. The summed E-state index contributed by atoms with van der Waals surface area (Å²) in [6.07, 6.45) is -4.21. The number of alkyl halides is 3. The van der Waals surface area contributed by atoms with Crippen LogP contribution in [-0.2, 0) is 26.1 Å². The predicted molar refractivity (Wildman–Crippen MR) is 83.6 cm³/mol. The van der Waals surface area contributed by atoms with E-state index in [2.05, 4.69) is 12.6 Å². The SMILES string of the molecule is C=C(CC(=O)O[C@@]1(c2ccc(C(F)(F)F)cc2)CCC(C#N)C1)C(=O)O. The first-order valence-electron chi connectivity index (χ1n) is 7.77.